The molecular weight excluding hydrogens is 228 g/mol. The predicted octanol–water partition coefficient (Wildman–Crippen LogP) is 2.19. The van der Waals surface area contributed by atoms with Gasteiger partial charge in [-0.05, 0) is 38.3 Å². The summed E-state index contributed by atoms with van der Waals surface area (Å²) in [4.78, 5) is 14.1. The van der Waals surface area contributed by atoms with Gasteiger partial charge in [0.15, 0.2) is 0 Å². The van der Waals surface area contributed by atoms with E-state index in [1.165, 1.54) is 0 Å². The highest BCUT2D eigenvalue weighted by Crippen LogP contribution is 2.29. The number of hydrogen-bond donors (Lipinski definition) is 1. The Morgan fingerprint density at radius 2 is 2.22 bits per heavy atom. The van der Waals surface area contributed by atoms with Crippen LogP contribution >= 0.6 is 0 Å². The molecule has 0 spiro atoms. The molecule has 1 aromatic rings. The fourth-order valence-corrected chi connectivity index (χ4v) is 2.45. The number of esters is 1. The van der Waals surface area contributed by atoms with Crippen molar-refractivity contribution in [1.82, 2.24) is 0 Å². The van der Waals surface area contributed by atoms with Crippen molar-refractivity contribution in [3.63, 3.8) is 0 Å². The first-order valence-electron chi connectivity index (χ1n) is 6.52. The van der Waals surface area contributed by atoms with Crippen molar-refractivity contribution >= 4 is 17.3 Å². The zero-order valence-corrected chi connectivity index (χ0v) is 10.8. The molecule has 2 N–H and O–H groups in total. The Labute approximate surface area is 108 Å². The average molecular weight is 248 g/mol. The third-order valence-corrected chi connectivity index (χ3v) is 3.31. The summed E-state index contributed by atoms with van der Waals surface area (Å²) >= 11 is 0. The highest BCUT2D eigenvalue weighted by atomic mass is 16.5. The molecule has 1 fully saturated rings. The molecule has 98 valence electrons. The predicted molar refractivity (Wildman–Crippen MR) is 72.5 cm³/mol. The molecule has 2 rings (SSSR count). The molecule has 4 heteroatoms. The SMILES string of the molecule is CCOC(=O)[C@H]1CCCCN1c1ccccc1N. The summed E-state index contributed by atoms with van der Waals surface area (Å²) < 4.78 is 5.15. The van der Waals surface area contributed by atoms with Crippen molar-refractivity contribution in [2.24, 2.45) is 0 Å². The Balaban J connectivity index is 2.23. The molecule has 0 unspecified atom stereocenters. The fourth-order valence-electron chi connectivity index (χ4n) is 2.45. The molecule has 0 saturated carbocycles. The summed E-state index contributed by atoms with van der Waals surface area (Å²) in [5.74, 6) is -0.138. The molecule has 1 atom stereocenters. The van der Waals surface area contributed by atoms with Crippen LogP contribution in [0.5, 0.6) is 0 Å². The summed E-state index contributed by atoms with van der Waals surface area (Å²) in [6.45, 7) is 3.12. The number of nitrogen functional groups attached to an aromatic ring is 1. The Hall–Kier alpha value is -1.71. The molecular formula is C14H20N2O2. The summed E-state index contributed by atoms with van der Waals surface area (Å²) in [6, 6.07) is 7.49. The first-order chi connectivity index (χ1) is 8.74. The highest BCUT2D eigenvalue weighted by Gasteiger charge is 2.30. The number of anilines is 2. The summed E-state index contributed by atoms with van der Waals surface area (Å²) in [5, 5.41) is 0. The van der Waals surface area contributed by atoms with Crippen molar-refractivity contribution in [1.29, 1.82) is 0 Å². The van der Waals surface area contributed by atoms with E-state index in [0.717, 1.165) is 31.5 Å². The number of nitrogens with zero attached hydrogens (tertiary/aromatic N) is 1. The van der Waals surface area contributed by atoms with Crippen LogP contribution in [0.25, 0.3) is 0 Å². The van der Waals surface area contributed by atoms with Crippen LogP contribution in [0.15, 0.2) is 24.3 Å². The molecule has 1 saturated heterocycles. The first kappa shape index (κ1) is 12.7. The summed E-state index contributed by atoms with van der Waals surface area (Å²) in [6.07, 6.45) is 2.99. The number of nitrogens with two attached hydrogens (primary N) is 1. The van der Waals surface area contributed by atoms with Crippen molar-refractivity contribution in [3.8, 4) is 0 Å². The zero-order valence-electron chi connectivity index (χ0n) is 10.8. The van der Waals surface area contributed by atoms with Gasteiger partial charge in [0.1, 0.15) is 6.04 Å². The standard InChI is InChI=1S/C14H20N2O2/c1-2-18-14(17)13-9-5-6-10-16(13)12-8-4-3-7-11(12)15/h3-4,7-8,13H,2,5-6,9-10,15H2,1H3/t13-/m1/s1. The molecule has 0 aromatic heterocycles. The van der Waals surface area contributed by atoms with E-state index < -0.39 is 0 Å². The number of para-hydroxylation sites is 2. The molecule has 1 aliphatic heterocycles. The number of carbonyl (C=O) groups is 1. The van der Waals surface area contributed by atoms with Gasteiger partial charge in [-0.1, -0.05) is 12.1 Å². The fraction of sp³-hybridized carbons (Fsp3) is 0.500. The van der Waals surface area contributed by atoms with Gasteiger partial charge in [0.2, 0.25) is 0 Å². The molecule has 0 aliphatic carbocycles. The van der Waals surface area contributed by atoms with Gasteiger partial charge in [-0.25, -0.2) is 4.79 Å². The van der Waals surface area contributed by atoms with E-state index in [0.29, 0.717) is 12.3 Å². The van der Waals surface area contributed by atoms with Gasteiger partial charge < -0.3 is 15.4 Å². The van der Waals surface area contributed by atoms with E-state index in [1.54, 1.807) is 0 Å². The maximum Gasteiger partial charge on any atom is 0.328 e. The van der Waals surface area contributed by atoms with Crippen molar-refractivity contribution in [2.45, 2.75) is 32.2 Å². The van der Waals surface area contributed by atoms with Crippen LogP contribution in [0.3, 0.4) is 0 Å². The largest absolute Gasteiger partial charge is 0.464 e. The summed E-state index contributed by atoms with van der Waals surface area (Å²) in [7, 11) is 0. The highest BCUT2D eigenvalue weighted by molar-refractivity contribution is 5.82. The van der Waals surface area contributed by atoms with Gasteiger partial charge in [-0.3, -0.25) is 0 Å². The zero-order chi connectivity index (χ0) is 13.0. The van der Waals surface area contributed by atoms with E-state index in [9.17, 15) is 4.79 Å². The van der Waals surface area contributed by atoms with Crippen molar-refractivity contribution in [3.05, 3.63) is 24.3 Å². The third-order valence-electron chi connectivity index (χ3n) is 3.31. The molecule has 1 aromatic carbocycles. The number of piperidine rings is 1. The second-order valence-electron chi connectivity index (χ2n) is 4.52. The molecule has 4 nitrogen and oxygen atoms in total. The van der Waals surface area contributed by atoms with Crippen LogP contribution in [-0.4, -0.2) is 25.2 Å². The number of rotatable bonds is 3. The number of hydrogen-bond acceptors (Lipinski definition) is 4. The lowest BCUT2D eigenvalue weighted by Gasteiger charge is -2.36. The Morgan fingerprint density at radius 3 is 2.94 bits per heavy atom. The lowest BCUT2D eigenvalue weighted by molar-refractivity contribution is -0.145. The van der Waals surface area contributed by atoms with Crippen LogP contribution < -0.4 is 10.6 Å². The number of ether oxygens (including phenoxy) is 1. The van der Waals surface area contributed by atoms with E-state index in [1.807, 2.05) is 31.2 Å². The van der Waals surface area contributed by atoms with Gasteiger partial charge in [-0.15, -0.1) is 0 Å². The first-order valence-corrected chi connectivity index (χ1v) is 6.52. The molecule has 18 heavy (non-hydrogen) atoms. The van der Waals surface area contributed by atoms with Crippen LogP contribution in [0, 0.1) is 0 Å². The average Bonchev–Trinajstić information content (AvgIpc) is 2.40. The minimum atomic E-state index is -0.191. The quantitative estimate of drug-likeness (QED) is 0.658. The Kier molecular flexibility index (Phi) is 4.07. The third kappa shape index (κ3) is 2.58. The molecule has 1 heterocycles. The second kappa shape index (κ2) is 5.76. The topological polar surface area (TPSA) is 55.6 Å². The Bertz CT molecular complexity index is 420. The van der Waals surface area contributed by atoms with E-state index >= 15 is 0 Å². The van der Waals surface area contributed by atoms with Gasteiger partial charge in [-0.2, -0.15) is 0 Å². The van der Waals surface area contributed by atoms with Crippen molar-refractivity contribution < 1.29 is 9.53 Å². The number of carbonyl (C=O) groups excluding carboxylic acids is 1. The smallest absolute Gasteiger partial charge is 0.328 e. The normalized spacial score (nSPS) is 19.6. The number of benzene rings is 1. The second-order valence-corrected chi connectivity index (χ2v) is 4.52. The minimum Gasteiger partial charge on any atom is -0.464 e. The summed E-state index contributed by atoms with van der Waals surface area (Å²) in [5.41, 5.74) is 7.65. The maximum atomic E-state index is 12.0. The van der Waals surface area contributed by atoms with E-state index in [4.69, 9.17) is 10.5 Å². The van der Waals surface area contributed by atoms with Crippen LogP contribution in [0.4, 0.5) is 11.4 Å². The Morgan fingerprint density at radius 1 is 1.44 bits per heavy atom. The monoisotopic (exact) mass is 248 g/mol. The van der Waals surface area contributed by atoms with Crippen LogP contribution in [-0.2, 0) is 9.53 Å². The van der Waals surface area contributed by atoms with E-state index in [-0.39, 0.29) is 12.0 Å². The van der Waals surface area contributed by atoms with Gasteiger partial charge >= 0.3 is 5.97 Å². The van der Waals surface area contributed by atoms with Crippen LogP contribution in [0.2, 0.25) is 0 Å². The minimum absolute atomic E-state index is 0.138. The lowest BCUT2D eigenvalue weighted by atomic mass is 10.0. The lowest BCUT2D eigenvalue weighted by Crippen LogP contribution is -2.46. The van der Waals surface area contributed by atoms with E-state index in [2.05, 4.69) is 4.90 Å². The van der Waals surface area contributed by atoms with Gasteiger partial charge in [0.25, 0.3) is 0 Å². The van der Waals surface area contributed by atoms with Gasteiger partial charge in [0.05, 0.1) is 18.0 Å². The maximum absolute atomic E-state index is 12.0. The van der Waals surface area contributed by atoms with Crippen LogP contribution in [0.1, 0.15) is 26.2 Å². The van der Waals surface area contributed by atoms with Crippen molar-refractivity contribution in [2.75, 3.05) is 23.8 Å². The molecule has 0 radical (unpaired) electrons. The molecule has 0 amide bonds. The van der Waals surface area contributed by atoms with Gasteiger partial charge in [0, 0.05) is 6.54 Å². The molecule has 0 bridgehead atoms. The molecule has 1 aliphatic rings.